The molecule has 0 N–H and O–H groups in total. The van der Waals surface area contributed by atoms with Crippen LogP contribution in [-0.4, -0.2) is 43.7 Å². The molecule has 0 bridgehead atoms. The van der Waals surface area contributed by atoms with Crippen molar-refractivity contribution in [2.45, 2.75) is 31.9 Å². The smallest absolute Gasteiger partial charge is 0.434 e. The van der Waals surface area contributed by atoms with Gasteiger partial charge < -0.3 is 9.47 Å². The molecule has 0 spiro atoms. The number of alkyl halides is 6. The average Bonchev–Trinajstić information content (AvgIpc) is 2.65. The second kappa shape index (κ2) is 8.66. The van der Waals surface area contributed by atoms with Gasteiger partial charge in [-0.3, -0.25) is 0 Å². The van der Waals surface area contributed by atoms with Crippen molar-refractivity contribution < 1.29 is 40.6 Å². The number of fused-ring (bicyclic) bond motifs is 1. The summed E-state index contributed by atoms with van der Waals surface area (Å²) in [7, 11) is 1.21. The predicted molar refractivity (Wildman–Crippen MR) is 88.7 cm³/mol. The molecular formula is C18H17F6NO3. The zero-order valence-electron chi connectivity index (χ0n) is 14.9. The van der Waals surface area contributed by atoms with E-state index in [1.165, 1.54) is 32.2 Å². The van der Waals surface area contributed by atoms with Gasteiger partial charge in [-0.1, -0.05) is 6.07 Å². The maximum atomic E-state index is 14.2. The van der Waals surface area contributed by atoms with Crippen LogP contribution >= 0.6 is 0 Å². The fourth-order valence-electron chi connectivity index (χ4n) is 2.78. The standard InChI is InChI=1S/C18H17F6NO3/c1-3-28-17(26)15-9(7-10(20)11(21)8-19)14-12(5-4-6-13(14)27-2)25-16(15)18(22,23)24/h4-6,10-11H,3,7-8H2,1-2H3. The van der Waals surface area contributed by atoms with Crippen LogP contribution in [0.1, 0.15) is 28.5 Å². The molecule has 0 radical (unpaired) electrons. The van der Waals surface area contributed by atoms with E-state index in [1.807, 2.05) is 0 Å². The van der Waals surface area contributed by atoms with Gasteiger partial charge in [0.05, 0.1) is 24.8 Å². The summed E-state index contributed by atoms with van der Waals surface area (Å²) in [4.78, 5) is 15.8. The Morgan fingerprint density at radius 2 is 1.89 bits per heavy atom. The van der Waals surface area contributed by atoms with Gasteiger partial charge in [0.15, 0.2) is 11.9 Å². The zero-order chi connectivity index (χ0) is 21.1. The molecule has 154 valence electrons. The number of methoxy groups -OCH3 is 1. The molecule has 0 amide bonds. The molecule has 1 heterocycles. The lowest BCUT2D eigenvalue weighted by Crippen LogP contribution is -2.26. The van der Waals surface area contributed by atoms with Crippen molar-refractivity contribution in [1.29, 1.82) is 0 Å². The fraction of sp³-hybridized carbons (Fsp3) is 0.444. The second-order valence-corrected chi connectivity index (χ2v) is 5.78. The largest absolute Gasteiger partial charge is 0.496 e. The van der Waals surface area contributed by atoms with E-state index in [-0.39, 0.29) is 23.3 Å². The van der Waals surface area contributed by atoms with Crippen LogP contribution < -0.4 is 4.74 Å². The Hall–Kier alpha value is -2.52. The van der Waals surface area contributed by atoms with Gasteiger partial charge >= 0.3 is 12.1 Å². The number of benzene rings is 1. The number of ether oxygens (including phenoxy) is 2. The van der Waals surface area contributed by atoms with Gasteiger partial charge in [0, 0.05) is 11.8 Å². The number of rotatable bonds is 7. The van der Waals surface area contributed by atoms with Crippen molar-refractivity contribution in [1.82, 2.24) is 4.98 Å². The Morgan fingerprint density at radius 3 is 2.43 bits per heavy atom. The van der Waals surface area contributed by atoms with E-state index < -0.39 is 54.4 Å². The quantitative estimate of drug-likeness (QED) is 0.494. The first kappa shape index (κ1) is 21.8. The van der Waals surface area contributed by atoms with Crippen LogP contribution in [0.25, 0.3) is 10.9 Å². The summed E-state index contributed by atoms with van der Waals surface area (Å²) in [5.74, 6) is -1.39. The molecule has 0 fully saturated rings. The van der Waals surface area contributed by atoms with Crippen LogP contribution in [0.5, 0.6) is 5.75 Å². The molecule has 0 saturated heterocycles. The molecule has 1 aromatic heterocycles. The number of halogens is 6. The average molecular weight is 409 g/mol. The van der Waals surface area contributed by atoms with Gasteiger partial charge in [-0.15, -0.1) is 0 Å². The summed E-state index contributed by atoms with van der Waals surface area (Å²) in [6, 6.07) is 3.93. The first-order chi connectivity index (χ1) is 13.1. The molecular weight excluding hydrogens is 392 g/mol. The van der Waals surface area contributed by atoms with Gasteiger partial charge in [-0.2, -0.15) is 13.2 Å². The molecule has 28 heavy (non-hydrogen) atoms. The van der Waals surface area contributed by atoms with Crippen LogP contribution in [0.2, 0.25) is 0 Å². The molecule has 2 unspecified atom stereocenters. The van der Waals surface area contributed by atoms with Crippen LogP contribution in [0.15, 0.2) is 18.2 Å². The minimum absolute atomic E-state index is 0.00197. The number of hydrogen-bond donors (Lipinski definition) is 0. The lowest BCUT2D eigenvalue weighted by molar-refractivity contribution is -0.141. The van der Waals surface area contributed by atoms with Gasteiger partial charge in [0.25, 0.3) is 0 Å². The third kappa shape index (κ3) is 4.31. The lowest BCUT2D eigenvalue weighted by atomic mass is 9.94. The van der Waals surface area contributed by atoms with E-state index >= 15 is 0 Å². The lowest BCUT2D eigenvalue weighted by Gasteiger charge is -2.20. The van der Waals surface area contributed by atoms with E-state index in [1.54, 1.807) is 0 Å². The summed E-state index contributed by atoms with van der Waals surface area (Å²) in [5, 5.41) is -0.102. The maximum Gasteiger partial charge on any atom is 0.434 e. The van der Waals surface area contributed by atoms with Crippen molar-refractivity contribution in [3.8, 4) is 5.75 Å². The Bertz CT molecular complexity index is 855. The first-order valence-electron chi connectivity index (χ1n) is 8.23. The molecule has 0 aliphatic heterocycles. The highest BCUT2D eigenvalue weighted by Gasteiger charge is 2.41. The number of nitrogens with zero attached hydrogens (tertiary/aromatic N) is 1. The molecule has 1 aromatic carbocycles. The molecule has 2 rings (SSSR count). The SMILES string of the molecule is CCOC(=O)c1c(C(F)(F)F)nc2cccc(OC)c2c1CC(F)C(F)CF. The summed E-state index contributed by atoms with van der Waals surface area (Å²) < 4.78 is 90.7. The van der Waals surface area contributed by atoms with E-state index in [4.69, 9.17) is 4.74 Å². The maximum absolute atomic E-state index is 14.2. The Kier molecular flexibility index (Phi) is 6.73. The molecule has 4 nitrogen and oxygen atoms in total. The summed E-state index contributed by atoms with van der Waals surface area (Å²) >= 11 is 0. The minimum atomic E-state index is -5.07. The number of hydrogen-bond acceptors (Lipinski definition) is 4. The normalized spacial score (nSPS) is 14.0. The Labute approximate surface area is 156 Å². The van der Waals surface area contributed by atoms with Crippen LogP contribution in [0, 0.1) is 0 Å². The number of esters is 1. The van der Waals surface area contributed by atoms with Crippen molar-refractivity contribution >= 4 is 16.9 Å². The number of pyridine rings is 1. The topological polar surface area (TPSA) is 48.4 Å². The van der Waals surface area contributed by atoms with Gasteiger partial charge in [-0.25, -0.2) is 22.9 Å². The highest BCUT2D eigenvalue weighted by molar-refractivity contribution is 6.00. The number of carbonyl (C=O) groups is 1. The van der Waals surface area contributed by atoms with Crippen molar-refractivity contribution in [3.63, 3.8) is 0 Å². The molecule has 0 saturated carbocycles. The highest BCUT2D eigenvalue weighted by atomic mass is 19.4. The molecule has 10 heteroatoms. The van der Waals surface area contributed by atoms with Crippen molar-refractivity contribution in [3.05, 3.63) is 35.0 Å². The number of carbonyl (C=O) groups excluding carboxylic acids is 1. The van der Waals surface area contributed by atoms with Crippen LogP contribution in [0.3, 0.4) is 0 Å². The highest BCUT2D eigenvalue weighted by Crippen LogP contribution is 2.39. The molecule has 0 aliphatic rings. The zero-order valence-corrected chi connectivity index (χ0v) is 14.9. The second-order valence-electron chi connectivity index (χ2n) is 5.78. The molecule has 2 atom stereocenters. The molecule has 0 aliphatic carbocycles. The summed E-state index contributed by atoms with van der Waals surface area (Å²) in [6.45, 7) is -0.546. The van der Waals surface area contributed by atoms with E-state index in [9.17, 15) is 31.1 Å². The van der Waals surface area contributed by atoms with Crippen molar-refractivity contribution in [2.75, 3.05) is 20.4 Å². The third-order valence-electron chi connectivity index (χ3n) is 3.98. The monoisotopic (exact) mass is 409 g/mol. The van der Waals surface area contributed by atoms with Crippen LogP contribution in [0.4, 0.5) is 26.3 Å². The van der Waals surface area contributed by atoms with Crippen LogP contribution in [-0.2, 0) is 17.3 Å². The predicted octanol–water partition coefficient (Wildman–Crippen LogP) is 4.63. The summed E-state index contributed by atoms with van der Waals surface area (Å²) in [5.41, 5.74) is -3.38. The van der Waals surface area contributed by atoms with E-state index in [0.717, 1.165) is 0 Å². The van der Waals surface area contributed by atoms with E-state index in [0.29, 0.717) is 0 Å². The summed E-state index contributed by atoms with van der Waals surface area (Å²) in [6.07, 6.45) is -11.1. The molecule has 2 aromatic rings. The minimum Gasteiger partial charge on any atom is -0.496 e. The fourth-order valence-corrected chi connectivity index (χ4v) is 2.78. The van der Waals surface area contributed by atoms with Gasteiger partial charge in [0.1, 0.15) is 18.6 Å². The Morgan fingerprint density at radius 1 is 1.21 bits per heavy atom. The first-order valence-corrected chi connectivity index (χ1v) is 8.23. The van der Waals surface area contributed by atoms with Crippen molar-refractivity contribution in [2.24, 2.45) is 0 Å². The van der Waals surface area contributed by atoms with Gasteiger partial charge in [0.2, 0.25) is 0 Å². The third-order valence-corrected chi connectivity index (χ3v) is 3.98. The van der Waals surface area contributed by atoms with Gasteiger partial charge in [-0.05, 0) is 24.6 Å². The van der Waals surface area contributed by atoms with E-state index in [2.05, 4.69) is 9.72 Å². The Balaban J connectivity index is 2.91. The number of aromatic nitrogens is 1.